The molecule has 3 rings (SSSR count). The van der Waals surface area contributed by atoms with E-state index < -0.39 is 0 Å². The fraction of sp³-hybridized carbons (Fsp3) is 0.632. The van der Waals surface area contributed by atoms with Crippen molar-refractivity contribution in [1.29, 1.82) is 0 Å². The minimum atomic E-state index is -0.317. The van der Waals surface area contributed by atoms with Crippen LogP contribution >= 0.6 is 0 Å². The molecule has 0 spiro atoms. The highest BCUT2D eigenvalue weighted by Gasteiger charge is 2.29. The van der Waals surface area contributed by atoms with E-state index in [1.165, 1.54) is 5.69 Å². The predicted molar refractivity (Wildman–Crippen MR) is 98.8 cm³/mol. The summed E-state index contributed by atoms with van der Waals surface area (Å²) < 4.78 is 7.26. The minimum Gasteiger partial charge on any atom is -0.461 e. The number of nitrogens with zero attached hydrogens (tertiary/aromatic N) is 4. The molecule has 0 fully saturated rings. The van der Waals surface area contributed by atoms with Crippen molar-refractivity contribution in [3.8, 4) is 0 Å². The Morgan fingerprint density at radius 2 is 2.23 bits per heavy atom. The van der Waals surface area contributed by atoms with Crippen molar-refractivity contribution in [2.45, 2.75) is 60.2 Å². The average molecular weight is 359 g/mol. The summed E-state index contributed by atoms with van der Waals surface area (Å²) in [5.41, 5.74) is 3.74. The van der Waals surface area contributed by atoms with Crippen LogP contribution in [-0.2, 0) is 30.8 Å². The van der Waals surface area contributed by atoms with E-state index in [0.717, 1.165) is 49.6 Å². The molecule has 0 unspecified atom stereocenters. The highest BCUT2D eigenvalue weighted by Crippen LogP contribution is 2.25. The van der Waals surface area contributed by atoms with Crippen LogP contribution in [0.2, 0.25) is 0 Å². The van der Waals surface area contributed by atoms with E-state index in [-0.39, 0.29) is 5.97 Å². The molecule has 2 aromatic heterocycles. The van der Waals surface area contributed by atoms with E-state index in [4.69, 9.17) is 4.74 Å². The number of ether oxygens (including phenoxy) is 1. The lowest BCUT2D eigenvalue weighted by molar-refractivity contribution is 0.0515. The van der Waals surface area contributed by atoms with Crippen LogP contribution in [0.15, 0.2) is 6.20 Å². The maximum Gasteiger partial charge on any atom is 0.359 e. The Kier molecular flexibility index (Phi) is 5.76. The maximum atomic E-state index is 12.4. The topological polar surface area (TPSA) is 76.0 Å². The van der Waals surface area contributed by atoms with Crippen molar-refractivity contribution in [3.63, 3.8) is 0 Å². The molecule has 0 amide bonds. The zero-order valence-electron chi connectivity index (χ0n) is 16.2. The molecule has 0 aliphatic carbocycles. The van der Waals surface area contributed by atoms with Gasteiger partial charge in [-0.3, -0.25) is 9.58 Å². The number of rotatable bonds is 7. The van der Waals surface area contributed by atoms with Crippen molar-refractivity contribution in [1.82, 2.24) is 24.6 Å². The molecular weight excluding hydrogens is 330 g/mol. The lowest BCUT2D eigenvalue weighted by atomic mass is 10.0. The van der Waals surface area contributed by atoms with Crippen LogP contribution in [0.25, 0.3) is 0 Å². The number of aryl methyl sites for hydroxylation is 2. The average Bonchev–Trinajstić information content (AvgIpc) is 3.16. The number of nitrogens with one attached hydrogen (secondary N) is 1. The maximum absolute atomic E-state index is 12.4. The third-order valence-electron chi connectivity index (χ3n) is 4.73. The summed E-state index contributed by atoms with van der Waals surface area (Å²) in [5.74, 6) is 1.24. The molecule has 0 atom stereocenters. The fourth-order valence-corrected chi connectivity index (χ4v) is 3.37. The quantitative estimate of drug-likeness (QED) is 0.769. The molecule has 0 radical (unpaired) electrons. The van der Waals surface area contributed by atoms with Gasteiger partial charge in [0.2, 0.25) is 0 Å². The van der Waals surface area contributed by atoms with Gasteiger partial charge in [0.15, 0.2) is 5.69 Å². The second kappa shape index (κ2) is 8.03. The van der Waals surface area contributed by atoms with Crippen LogP contribution < -0.4 is 0 Å². The molecule has 7 heteroatoms. The molecule has 142 valence electrons. The van der Waals surface area contributed by atoms with Crippen LogP contribution in [0.4, 0.5) is 0 Å². The molecule has 0 saturated carbocycles. The first-order chi connectivity index (χ1) is 12.5. The molecule has 7 nitrogen and oxygen atoms in total. The SMILES string of the molecule is CCOC(=O)c1nn(CCC(C)C)c2c1CN(Cc1ncc(C)[nH]1)CC2. The van der Waals surface area contributed by atoms with E-state index in [1.807, 2.05) is 24.7 Å². The Labute approximate surface area is 154 Å². The lowest BCUT2D eigenvalue weighted by Crippen LogP contribution is -2.31. The van der Waals surface area contributed by atoms with E-state index in [9.17, 15) is 4.79 Å². The zero-order valence-corrected chi connectivity index (χ0v) is 16.2. The van der Waals surface area contributed by atoms with Gasteiger partial charge in [-0.1, -0.05) is 13.8 Å². The molecule has 0 bridgehead atoms. The van der Waals surface area contributed by atoms with Gasteiger partial charge in [-0.2, -0.15) is 5.10 Å². The highest BCUT2D eigenvalue weighted by atomic mass is 16.5. The number of hydrogen-bond acceptors (Lipinski definition) is 5. The van der Waals surface area contributed by atoms with Crippen molar-refractivity contribution < 1.29 is 9.53 Å². The van der Waals surface area contributed by atoms with Crippen LogP contribution in [0, 0.1) is 12.8 Å². The first kappa shape index (κ1) is 18.6. The van der Waals surface area contributed by atoms with Gasteiger partial charge in [0.05, 0.1) is 13.2 Å². The second-order valence-corrected chi connectivity index (χ2v) is 7.37. The fourth-order valence-electron chi connectivity index (χ4n) is 3.37. The Morgan fingerprint density at radius 1 is 1.42 bits per heavy atom. The van der Waals surface area contributed by atoms with Crippen LogP contribution in [0.1, 0.15) is 60.5 Å². The minimum absolute atomic E-state index is 0.317. The molecule has 1 aliphatic rings. The molecule has 0 saturated heterocycles. The molecule has 3 heterocycles. The third kappa shape index (κ3) is 4.15. The van der Waals surface area contributed by atoms with Crippen molar-refractivity contribution >= 4 is 5.97 Å². The Morgan fingerprint density at radius 3 is 2.88 bits per heavy atom. The summed E-state index contributed by atoms with van der Waals surface area (Å²) in [6.07, 6.45) is 3.78. The second-order valence-electron chi connectivity index (χ2n) is 7.37. The molecular formula is C19H29N5O2. The summed E-state index contributed by atoms with van der Waals surface area (Å²) in [4.78, 5) is 22.4. The van der Waals surface area contributed by atoms with Gasteiger partial charge in [0.1, 0.15) is 5.82 Å². The van der Waals surface area contributed by atoms with Gasteiger partial charge < -0.3 is 9.72 Å². The number of H-pyrrole nitrogens is 1. The first-order valence-corrected chi connectivity index (χ1v) is 9.46. The molecule has 2 aromatic rings. The van der Waals surface area contributed by atoms with Crippen LogP contribution in [0.3, 0.4) is 0 Å². The zero-order chi connectivity index (χ0) is 18.7. The summed E-state index contributed by atoms with van der Waals surface area (Å²) in [7, 11) is 0. The first-order valence-electron chi connectivity index (χ1n) is 9.46. The lowest BCUT2D eigenvalue weighted by Gasteiger charge is -2.27. The number of carbonyl (C=O) groups excluding carboxylic acids is 1. The summed E-state index contributed by atoms with van der Waals surface area (Å²) >= 11 is 0. The smallest absolute Gasteiger partial charge is 0.359 e. The van der Waals surface area contributed by atoms with Crippen molar-refractivity contribution in [2.24, 2.45) is 5.92 Å². The van der Waals surface area contributed by atoms with Gasteiger partial charge >= 0.3 is 5.97 Å². The monoisotopic (exact) mass is 359 g/mol. The molecule has 26 heavy (non-hydrogen) atoms. The molecule has 0 aromatic carbocycles. The van der Waals surface area contributed by atoms with E-state index in [1.54, 1.807) is 0 Å². The van der Waals surface area contributed by atoms with Crippen LogP contribution in [-0.4, -0.2) is 43.8 Å². The number of aromatic amines is 1. The van der Waals surface area contributed by atoms with Crippen LogP contribution in [0.5, 0.6) is 0 Å². The van der Waals surface area contributed by atoms with E-state index in [2.05, 4.69) is 33.8 Å². The van der Waals surface area contributed by atoms with Gasteiger partial charge in [0, 0.05) is 49.2 Å². The highest BCUT2D eigenvalue weighted by molar-refractivity contribution is 5.89. The van der Waals surface area contributed by atoms with Crippen molar-refractivity contribution in [2.75, 3.05) is 13.2 Å². The standard InChI is InChI=1S/C19H29N5O2/c1-5-26-19(25)18-15-11-23(12-17-20-10-14(4)21-17)8-7-16(15)24(22-18)9-6-13(2)3/h10,13H,5-9,11-12H2,1-4H3,(H,20,21). The number of carbonyl (C=O) groups is 1. The number of hydrogen-bond donors (Lipinski definition) is 1. The summed E-state index contributed by atoms with van der Waals surface area (Å²) in [5, 5.41) is 4.62. The van der Waals surface area contributed by atoms with Gasteiger partial charge in [-0.25, -0.2) is 9.78 Å². The van der Waals surface area contributed by atoms with Gasteiger partial charge in [-0.05, 0) is 26.2 Å². The van der Waals surface area contributed by atoms with E-state index in [0.29, 0.717) is 24.8 Å². The summed E-state index contributed by atoms with van der Waals surface area (Å²) in [6.45, 7) is 11.8. The third-order valence-corrected chi connectivity index (χ3v) is 4.73. The Balaban J connectivity index is 1.82. The normalized spacial score (nSPS) is 14.7. The van der Waals surface area contributed by atoms with Gasteiger partial charge in [0.25, 0.3) is 0 Å². The van der Waals surface area contributed by atoms with Gasteiger partial charge in [-0.15, -0.1) is 0 Å². The number of esters is 1. The molecule has 1 N–H and O–H groups in total. The van der Waals surface area contributed by atoms with E-state index >= 15 is 0 Å². The number of imidazole rings is 1. The number of aromatic nitrogens is 4. The molecule has 1 aliphatic heterocycles. The predicted octanol–water partition coefficient (Wildman–Crippen LogP) is 2.70. The Bertz CT molecular complexity index is 762. The Hall–Kier alpha value is -2.15. The largest absolute Gasteiger partial charge is 0.461 e. The summed E-state index contributed by atoms with van der Waals surface area (Å²) in [6, 6.07) is 0. The number of fused-ring (bicyclic) bond motifs is 1. The van der Waals surface area contributed by atoms with Crippen molar-refractivity contribution in [3.05, 3.63) is 34.7 Å².